The summed E-state index contributed by atoms with van der Waals surface area (Å²) in [6.45, 7) is 1.82. The van der Waals surface area contributed by atoms with Gasteiger partial charge in [-0.15, -0.1) is 11.3 Å². The molecule has 2 fully saturated rings. The molecule has 7 heteroatoms. The Balaban J connectivity index is 1.27. The molecule has 1 atom stereocenters. The van der Waals surface area contributed by atoms with Gasteiger partial charge in [0.2, 0.25) is 0 Å². The molecule has 0 saturated carbocycles. The van der Waals surface area contributed by atoms with Crippen molar-refractivity contribution in [3.8, 4) is 0 Å². The van der Waals surface area contributed by atoms with Crippen molar-refractivity contribution < 1.29 is 14.3 Å². The first-order valence-electron chi connectivity index (χ1n) is 9.57. The molecule has 2 aliphatic rings. The number of rotatable bonds is 3. The van der Waals surface area contributed by atoms with E-state index in [4.69, 9.17) is 4.74 Å². The number of thiophene rings is 1. The third-order valence-corrected chi connectivity index (χ3v) is 6.98. The van der Waals surface area contributed by atoms with Crippen LogP contribution in [0.3, 0.4) is 0 Å². The second-order valence-electron chi connectivity index (χ2n) is 7.71. The number of fused-ring (bicyclic) bond motifs is 1. The van der Waals surface area contributed by atoms with Gasteiger partial charge in [-0.2, -0.15) is 0 Å². The van der Waals surface area contributed by atoms with Crippen LogP contribution in [0.2, 0.25) is 0 Å². The summed E-state index contributed by atoms with van der Waals surface area (Å²) in [5, 5.41) is 2.96. The molecule has 1 spiro atoms. The standard InChI is InChI=1S/C21H21N3O3S/c25-19(17-13-28-18-4-2-1-3-16(17)18)24-8-5-21(6-9-24)11-15(27-20(21)26)12-23-10-7-22-14-23/h1-4,7,10,13-15H,5-6,8-9,11-12H2. The van der Waals surface area contributed by atoms with Gasteiger partial charge < -0.3 is 14.2 Å². The fourth-order valence-corrected chi connectivity index (χ4v) is 5.36. The Morgan fingerprint density at radius 1 is 1.29 bits per heavy atom. The Bertz CT molecular complexity index is 1020. The van der Waals surface area contributed by atoms with Crippen molar-refractivity contribution in [3.05, 3.63) is 53.9 Å². The SMILES string of the molecule is O=C(c1csc2ccccc12)N1CCC2(CC1)CC(Cn1ccnc1)OC2=O. The minimum atomic E-state index is -0.446. The molecule has 1 aromatic carbocycles. The number of benzene rings is 1. The summed E-state index contributed by atoms with van der Waals surface area (Å²) in [5.74, 6) is -0.0423. The van der Waals surface area contributed by atoms with Gasteiger partial charge in [0.25, 0.3) is 5.91 Å². The van der Waals surface area contributed by atoms with Crippen molar-refractivity contribution in [3.63, 3.8) is 0 Å². The molecule has 1 unspecified atom stereocenters. The first-order valence-corrected chi connectivity index (χ1v) is 10.4. The van der Waals surface area contributed by atoms with Crippen molar-refractivity contribution in [1.82, 2.24) is 14.5 Å². The number of amides is 1. The van der Waals surface area contributed by atoms with Crippen LogP contribution in [0.25, 0.3) is 10.1 Å². The number of piperidine rings is 1. The lowest BCUT2D eigenvalue weighted by atomic mass is 9.76. The molecule has 28 heavy (non-hydrogen) atoms. The van der Waals surface area contributed by atoms with E-state index in [1.807, 2.05) is 45.3 Å². The van der Waals surface area contributed by atoms with Crippen molar-refractivity contribution >= 4 is 33.3 Å². The van der Waals surface area contributed by atoms with E-state index in [0.717, 1.165) is 15.6 Å². The molecule has 3 aromatic rings. The predicted octanol–water partition coefficient (Wildman–Crippen LogP) is 3.34. The average Bonchev–Trinajstić information content (AvgIpc) is 3.43. The maximum Gasteiger partial charge on any atom is 0.312 e. The van der Waals surface area contributed by atoms with Crippen LogP contribution in [0.1, 0.15) is 29.6 Å². The van der Waals surface area contributed by atoms with E-state index in [-0.39, 0.29) is 18.0 Å². The highest BCUT2D eigenvalue weighted by Gasteiger charge is 2.50. The van der Waals surface area contributed by atoms with Crippen molar-refractivity contribution in [2.45, 2.75) is 31.9 Å². The van der Waals surface area contributed by atoms with Crippen LogP contribution >= 0.6 is 11.3 Å². The zero-order valence-electron chi connectivity index (χ0n) is 15.4. The van der Waals surface area contributed by atoms with E-state index < -0.39 is 5.41 Å². The van der Waals surface area contributed by atoms with Crippen LogP contribution in [0.15, 0.2) is 48.4 Å². The first-order chi connectivity index (χ1) is 13.6. The summed E-state index contributed by atoms with van der Waals surface area (Å²) in [6, 6.07) is 7.99. The fraction of sp³-hybridized carbons (Fsp3) is 0.381. The van der Waals surface area contributed by atoms with Gasteiger partial charge in [-0.05, 0) is 18.9 Å². The van der Waals surface area contributed by atoms with Crippen molar-refractivity contribution in [1.29, 1.82) is 0 Å². The molecule has 0 bridgehead atoms. The summed E-state index contributed by atoms with van der Waals surface area (Å²) in [6.07, 6.45) is 7.28. The molecule has 2 aliphatic heterocycles. The highest BCUT2D eigenvalue weighted by Crippen LogP contribution is 2.44. The number of imidazole rings is 1. The number of cyclic esters (lactones) is 1. The quantitative estimate of drug-likeness (QED) is 0.638. The highest BCUT2D eigenvalue weighted by molar-refractivity contribution is 7.17. The van der Waals surface area contributed by atoms with E-state index in [1.54, 1.807) is 23.9 Å². The molecule has 5 rings (SSSR count). The lowest BCUT2D eigenvalue weighted by Crippen LogP contribution is -2.45. The third kappa shape index (κ3) is 2.90. The second kappa shape index (κ2) is 6.74. The molecular formula is C21H21N3O3S. The van der Waals surface area contributed by atoms with Gasteiger partial charge in [0.15, 0.2) is 0 Å². The largest absolute Gasteiger partial charge is 0.460 e. The van der Waals surface area contributed by atoms with Crippen LogP contribution in [-0.4, -0.2) is 45.5 Å². The van der Waals surface area contributed by atoms with E-state index >= 15 is 0 Å². The van der Waals surface area contributed by atoms with Gasteiger partial charge in [-0.25, -0.2) is 4.98 Å². The molecule has 1 amide bonds. The van der Waals surface area contributed by atoms with Gasteiger partial charge in [-0.3, -0.25) is 9.59 Å². The number of hydrogen-bond acceptors (Lipinski definition) is 5. The molecule has 0 N–H and O–H groups in total. The average molecular weight is 395 g/mol. The van der Waals surface area contributed by atoms with E-state index in [0.29, 0.717) is 38.9 Å². The minimum absolute atomic E-state index is 0.0635. The molecule has 0 radical (unpaired) electrons. The summed E-state index contributed by atoms with van der Waals surface area (Å²) in [7, 11) is 0. The predicted molar refractivity (Wildman–Crippen MR) is 106 cm³/mol. The number of carbonyl (C=O) groups is 2. The lowest BCUT2D eigenvalue weighted by Gasteiger charge is -2.36. The van der Waals surface area contributed by atoms with Crippen LogP contribution in [0, 0.1) is 5.41 Å². The van der Waals surface area contributed by atoms with Crippen LogP contribution in [0.5, 0.6) is 0 Å². The first kappa shape index (κ1) is 17.4. The number of aromatic nitrogens is 2. The number of nitrogens with zero attached hydrogens (tertiary/aromatic N) is 3. The number of likely N-dealkylation sites (tertiary alicyclic amines) is 1. The van der Waals surface area contributed by atoms with E-state index in [2.05, 4.69) is 4.98 Å². The molecule has 6 nitrogen and oxygen atoms in total. The van der Waals surface area contributed by atoms with Gasteiger partial charge in [0.1, 0.15) is 6.10 Å². The second-order valence-corrected chi connectivity index (χ2v) is 8.62. The maximum atomic E-state index is 13.0. The number of hydrogen-bond donors (Lipinski definition) is 0. The van der Waals surface area contributed by atoms with Crippen LogP contribution in [0.4, 0.5) is 0 Å². The molecule has 4 heterocycles. The summed E-state index contributed by atoms with van der Waals surface area (Å²) in [4.78, 5) is 31.6. The molecule has 0 aliphatic carbocycles. The van der Waals surface area contributed by atoms with Gasteiger partial charge in [-0.1, -0.05) is 18.2 Å². The van der Waals surface area contributed by atoms with Gasteiger partial charge >= 0.3 is 5.97 Å². The number of ether oxygens (including phenoxy) is 1. The Hall–Kier alpha value is -2.67. The van der Waals surface area contributed by atoms with E-state index in [9.17, 15) is 9.59 Å². The summed E-state index contributed by atoms with van der Waals surface area (Å²) in [5.41, 5.74) is 0.321. The van der Waals surface area contributed by atoms with Gasteiger partial charge in [0, 0.05) is 47.4 Å². The summed E-state index contributed by atoms with van der Waals surface area (Å²) >= 11 is 1.60. The minimum Gasteiger partial charge on any atom is -0.460 e. The molecule has 144 valence electrons. The van der Waals surface area contributed by atoms with Crippen LogP contribution in [-0.2, 0) is 16.1 Å². The number of esters is 1. The molecule has 2 aromatic heterocycles. The Morgan fingerprint density at radius 3 is 2.89 bits per heavy atom. The zero-order chi connectivity index (χ0) is 19.1. The maximum absolute atomic E-state index is 13.0. The van der Waals surface area contributed by atoms with Crippen molar-refractivity contribution in [2.24, 2.45) is 5.41 Å². The Morgan fingerprint density at radius 2 is 2.11 bits per heavy atom. The zero-order valence-corrected chi connectivity index (χ0v) is 16.2. The highest BCUT2D eigenvalue weighted by atomic mass is 32.1. The fourth-order valence-electron chi connectivity index (χ4n) is 4.43. The Labute approximate surface area is 166 Å². The molecule has 2 saturated heterocycles. The summed E-state index contributed by atoms with van der Waals surface area (Å²) < 4.78 is 8.73. The van der Waals surface area contributed by atoms with Crippen LogP contribution < -0.4 is 0 Å². The van der Waals surface area contributed by atoms with E-state index in [1.165, 1.54) is 0 Å². The topological polar surface area (TPSA) is 64.4 Å². The Kier molecular flexibility index (Phi) is 4.19. The monoisotopic (exact) mass is 395 g/mol. The smallest absolute Gasteiger partial charge is 0.312 e. The lowest BCUT2D eigenvalue weighted by molar-refractivity contribution is -0.150. The number of carbonyl (C=O) groups excluding carboxylic acids is 2. The normalized spacial score (nSPS) is 21.4. The van der Waals surface area contributed by atoms with Gasteiger partial charge in [0.05, 0.1) is 23.9 Å². The van der Waals surface area contributed by atoms with Crippen molar-refractivity contribution in [2.75, 3.05) is 13.1 Å². The molecular weight excluding hydrogens is 374 g/mol. The third-order valence-electron chi connectivity index (χ3n) is 6.02.